The molecule has 1 N–H and O–H groups in total. The number of nitrogens with one attached hydrogen (secondary N) is 1. The number of aryl methyl sites for hydroxylation is 2. The van der Waals surface area contributed by atoms with Crippen LogP contribution in [-0.2, 0) is 9.59 Å². The Morgan fingerprint density at radius 2 is 1.83 bits per heavy atom. The highest BCUT2D eigenvalue weighted by Gasteiger charge is 2.38. The van der Waals surface area contributed by atoms with Gasteiger partial charge in [0.1, 0.15) is 11.3 Å². The molecule has 35 heavy (non-hydrogen) atoms. The average Bonchev–Trinajstić information content (AvgIpc) is 2.78. The van der Waals surface area contributed by atoms with Crippen molar-refractivity contribution in [3.8, 4) is 5.75 Å². The van der Waals surface area contributed by atoms with Gasteiger partial charge in [-0.25, -0.2) is 9.69 Å². The van der Waals surface area contributed by atoms with Crippen LogP contribution >= 0.6 is 0 Å². The Balaban J connectivity index is 1.81. The summed E-state index contributed by atoms with van der Waals surface area (Å²) in [6.07, 6.45) is 2.50. The first-order valence-electron chi connectivity index (χ1n) is 12.0. The highest BCUT2D eigenvalue weighted by Crippen LogP contribution is 2.46. The van der Waals surface area contributed by atoms with Crippen LogP contribution in [-0.4, -0.2) is 37.0 Å². The number of ether oxygens (including phenoxy) is 1. The van der Waals surface area contributed by atoms with Crippen LogP contribution in [0.2, 0.25) is 0 Å². The molecule has 4 amide bonds. The van der Waals surface area contributed by atoms with E-state index in [9.17, 15) is 14.4 Å². The minimum Gasteiger partial charge on any atom is -0.496 e. The third kappa shape index (κ3) is 4.20. The maximum atomic E-state index is 13.4. The van der Waals surface area contributed by atoms with Gasteiger partial charge in [0.25, 0.3) is 11.8 Å². The van der Waals surface area contributed by atoms with Gasteiger partial charge in [0.2, 0.25) is 0 Å². The number of barbiturate groups is 1. The molecule has 2 aliphatic heterocycles. The van der Waals surface area contributed by atoms with Gasteiger partial charge in [-0.15, -0.1) is 0 Å². The molecule has 7 heteroatoms. The maximum absolute atomic E-state index is 13.4. The summed E-state index contributed by atoms with van der Waals surface area (Å²) < 4.78 is 5.69. The Labute approximate surface area is 206 Å². The van der Waals surface area contributed by atoms with E-state index in [-0.39, 0.29) is 17.0 Å². The standard InChI is InChI=1S/C28H33N3O4/c1-8-30-23-14-24(35-7)19(12-21(23)18(4)15-28(30,5)6)13-22-25(32)29-27(34)31(26(22)33)20-10-9-16(2)17(3)11-20/h9-14,18H,8,15H2,1-7H3,(H,29,32,34)/b22-13-. The van der Waals surface area contributed by atoms with E-state index in [0.29, 0.717) is 17.0 Å². The summed E-state index contributed by atoms with van der Waals surface area (Å²) in [5.74, 6) is -0.527. The number of carbonyl (C=O) groups is 3. The van der Waals surface area contributed by atoms with Crippen molar-refractivity contribution in [1.82, 2.24) is 5.32 Å². The number of rotatable bonds is 4. The third-order valence-electron chi connectivity index (χ3n) is 7.20. The first kappa shape index (κ1) is 24.5. The van der Waals surface area contributed by atoms with Crippen molar-refractivity contribution in [1.29, 1.82) is 0 Å². The minimum atomic E-state index is -0.757. The van der Waals surface area contributed by atoms with Gasteiger partial charge in [-0.1, -0.05) is 13.0 Å². The molecule has 2 aromatic rings. The number of imide groups is 2. The van der Waals surface area contributed by atoms with Crippen LogP contribution in [0.25, 0.3) is 6.08 Å². The zero-order valence-electron chi connectivity index (χ0n) is 21.5. The molecule has 1 fully saturated rings. The Kier molecular flexibility index (Phi) is 6.21. The number of methoxy groups -OCH3 is 1. The summed E-state index contributed by atoms with van der Waals surface area (Å²) in [6.45, 7) is 13.5. The summed E-state index contributed by atoms with van der Waals surface area (Å²) in [5.41, 5.74) is 5.16. The minimum absolute atomic E-state index is 0.00157. The molecule has 0 radical (unpaired) electrons. The Bertz CT molecular complexity index is 1260. The molecular formula is C28H33N3O4. The van der Waals surface area contributed by atoms with Crippen molar-refractivity contribution >= 4 is 35.3 Å². The topological polar surface area (TPSA) is 79.0 Å². The first-order chi connectivity index (χ1) is 16.5. The van der Waals surface area contributed by atoms with E-state index in [1.165, 1.54) is 6.08 Å². The fraction of sp³-hybridized carbons (Fsp3) is 0.393. The van der Waals surface area contributed by atoms with Crippen LogP contribution in [0.4, 0.5) is 16.2 Å². The van der Waals surface area contributed by atoms with Crippen molar-refractivity contribution in [2.75, 3.05) is 23.5 Å². The van der Waals surface area contributed by atoms with E-state index in [4.69, 9.17) is 4.74 Å². The van der Waals surface area contributed by atoms with Crippen LogP contribution in [0.3, 0.4) is 0 Å². The SMILES string of the molecule is CCN1c2cc(OC)c(/C=C3/C(=O)NC(=O)N(c4ccc(C)c(C)c4)C3=O)cc2C(C)CC1(C)C. The summed E-state index contributed by atoms with van der Waals surface area (Å²) in [4.78, 5) is 42.2. The molecule has 4 rings (SSSR count). The largest absolute Gasteiger partial charge is 0.496 e. The monoisotopic (exact) mass is 475 g/mol. The fourth-order valence-corrected chi connectivity index (χ4v) is 5.33. The molecule has 1 unspecified atom stereocenters. The van der Waals surface area contributed by atoms with E-state index < -0.39 is 17.8 Å². The van der Waals surface area contributed by atoms with Gasteiger partial charge in [-0.2, -0.15) is 0 Å². The van der Waals surface area contributed by atoms with Gasteiger partial charge in [0.15, 0.2) is 0 Å². The van der Waals surface area contributed by atoms with Gasteiger partial charge >= 0.3 is 6.03 Å². The maximum Gasteiger partial charge on any atom is 0.335 e. The number of benzene rings is 2. The lowest BCUT2D eigenvalue weighted by Gasteiger charge is -2.47. The molecule has 1 atom stereocenters. The summed E-state index contributed by atoms with van der Waals surface area (Å²) in [5, 5.41) is 2.31. The number of carbonyl (C=O) groups excluding carboxylic acids is 3. The molecule has 2 heterocycles. The summed E-state index contributed by atoms with van der Waals surface area (Å²) in [6, 6.07) is 8.55. The second-order valence-electron chi connectivity index (χ2n) is 10.0. The molecule has 0 saturated carbocycles. The first-order valence-corrected chi connectivity index (χ1v) is 12.0. The highest BCUT2D eigenvalue weighted by atomic mass is 16.5. The summed E-state index contributed by atoms with van der Waals surface area (Å²) in [7, 11) is 1.57. The smallest absolute Gasteiger partial charge is 0.335 e. The number of anilines is 2. The molecule has 2 aromatic carbocycles. The van der Waals surface area contributed by atoms with Crippen molar-refractivity contribution in [3.05, 3.63) is 58.2 Å². The van der Waals surface area contributed by atoms with Gasteiger partial charge < -0.3 is 9.64 Å². The van der Waals surface area contributed by atoms with Crippen LogP contribution in [0, 0.1) is 13.8 Å². The van der Waals surface area contributed by atoms with Gasteiger partial charge in [0, 0.05) is 29.4 Å². The molecule has 7 nitrogen and oxygen atoms in total. The molecule has 184 valence electrons. The number of fused-ring (bicyclic) bond motifs is 1. The van der Waals surface area contributed by atoms with Crippen LogP contribution in [0.5, 0.6) is 5.75 Å². The molecule has 0 spiro atoms. The Hall–Kier alpha value is -3.61. The van der Waals surface area contributed by atoms with Crippen molar-refractivity contribution in [2.45, 2.75) is 59.4 Å². The lowest BCUT2D eigenvalue weighted by molar-refractivity contribution is -0.122. The van der Waals surface area contributed by atoms with Gasteiger partial charge in [-0.3, -0.25) is 14.9 Å². The lowest BCUT2D eigenvalue weighted by Crippen LogP contribution is -2.54. The summed E-state index contributed by atoms with van der Waals surface area (Å²) >= 11 is 0. The predicted octanol–water partition coefficient (Wildman–Crippen LogP) is 5.09. The van der Waals surface area contributed by atoms with Crippen LogP contribution in [0.1, 0.15) is 62.3 Å². The van der Waals surface area contributed by atoms with Crippen LogP contribution < -0.4 is 19.9 Å². The number of hydrogen-bond donors (Lipinski definition) is 1. The quantitative estimate of drug-likeness (QED) is 0.492. The van der Waals surface area contributed by atoms with E-state index in [1.54, 1.807) is 19.2 Å². The van der Waals surface area contributed by atoms with E-state index in [0.717, 1.165) is 40.2 Å². The molecule has 0 aromatic heterocycles. The number of urea groups is 1. The molecule has 2 aliphatic rings. The Morgan fingerprint density at radius 3 is 2.46 bits per heavy atom. The van der Waals surface area contributed by atoms with Crippen molar-refractivity contribution in [2.24, 2.45) is 0 Å². The van der Waals surface area contributed by atoms with Gasteiger partial charge in [-0.05, 0) is 87.9 Å². The lowest BCUT2D eigenvalue weighted by atomic mass is 9.79. The third-order valence-corrected chi connectivity index (χ3v) is 7.20. The van der Waals surface area contributed by atoms with E-state index in [1.807, 2.05) is 32.0 Å². The molecular weight excluding hydrogens is 442 g/mol. The van der Waals surface area contributed by atoms with Crippen molar-refractivity contribution < 1.29 is 19.1 Å². The number of amides is 4. The average molecular weight is 476 g/mol. The zero-order valence-corrected chi connectivity index (χ0v) is 21.5. The Morgan fingerprint density at radius 1 is 1.11 bits per heavy atom. The zero-order chi connectivity index (χ0) is 25.7. The van der Waals surface area contributed by atoms with Crippen LogP contribution in [0.15, 0.2) is 35.9 Å². The van der Waals surface area contributed by atoms with E-state index >= 15 is 0 Å². The predicted molar refractivity (Wildman–Crippen MR) is 138 cm³/mol. The van der Waals surface area contributed by atoms with Crippen molar-refractivity contribution in [3.63, 3.8) is 0 Å². The fourth-order valence-electron chi connectivity index (χ4n) is 5.33. The number of hydrogen-bond acceptors (Lipinski definition) is 5. The van der Waals surface area contributed by atoms with Gasteiger partial charge in [0.05, 0.1) is 12.8 Å². The molecule has 0 aliphatic carbocycles. The second kappa shape index (κ2) is 8.87. The number of nitrogens with zero attached hydrogens (tertiary/aromatic N) is 2. The second-order valence-corrected chi connectivity index (χ2v) is 10.0. The molecule has 0 bridgehead atoms. The normalized spacial score (nSPS) is 20.7. The highest BCUT2D eigenvalue weighted by molar-refractivity contribution is 6.39. The van der Waals surface area contributed by atoms with E-state index in [2.05, 4.69) is 37.9 Å². The molecule has 1 saturated heterocycles.